The number of aryl methyl sites for hydroxylation is 1. The van der Waals surface area contributed by atoms with Crippen LogP contribution in [0.1, 0.15) is 83.4 Å². The summed E-state index contributed by atoms with van der Waals surface area (Å²) in [7, 11) is -0.645. The van der Waals surface area contributed by atoms with Crippen molar-refractivity contribution < 1.29 is 18.5 Å². The number of allylic oxidation sites excluding steroid dienone is 2. The van der Waals surface area contributed by atoms with Gasteiger partial charge in [-0.15, -0.1) is 0 Å². The van der Waals surface area contributed by atoms with Gasteiger partial charge in [0.15, 0.2) is 5.65 Å². The molecule has 3 aliphatic rings. The van der Waals surface area contributed by atoms with E-state index in [9.17, 15) is 4.79 Å². The molecule has 1 aromatic carbocycles. The molecule has 1 atom stereocenters. The molecular weight excluding hydrogens is 506 g/mol. The number of likely N-dealkylation sites (tertiary alicyclic amines) is 1. The lowest BCUT2D eigenvalue weighted by molar-refractivity contribution is 0.00578. The van der Waals surface area contributed by atoms with Crippen molar-refractivity contribution in [3.8, 4) is 11.3 Å². The highest BCUT2D eigenvalue weighted by atomic mass is 19.1. The number of fused-ring (bicyclic) bond motifs is 1. The molecule has 3 aromatic rings. The third kappa shape index (κ3) is 4.29. The minimum Gasteiger partial charge on any atom is -0.399 e. The summed E-state index contributed by atoms with van der Waals surface area (Å²) in [5.74, 6) is -0.459. The largest absolute Gasteiger partial charge is 0.494 e. The molecule has 2 aromatic heterocycles. The summed E-state index contributed by atoms with van der Waals surface area (Å²) in [5, 5.41) is 4.69. The lowest BCUT2D eigenvalue weighted by Gasteiger charge is -2.46. The zero-order valence-corrected chi connectivity index (χ0v) is 24.3. The zero-order chi connectivity index (χ0) is 28.4. The number of nitrogens with zero attached hydrogens (tertiary/aromatic N) is 4. The van der Waals surface area contributed by atoms with Gasteiger partial charge in [0.05, 0.1) is 16.9 Å². The first-order chi connectivity index (χ1) is 18.9. The van der Waals surface area contributed by atoms with Crippen LogP contribution in [-0.2, 0) is 15.7 Å². The molecule has 2 aliphatic heterocycles. The highest BCUT2D eigenvalue weighted by Crippen LogP contribution is 2.46. The zero-order valence-electron chi connectivity index (χ0n) is 24.3. The van der Waals surface area contributed by atoms with Crippen molar-refractivity contribution in [1.82, 2.24) is 19.5 Å². The lowest BCUT2D eigenvalue weighted by Crippen LogP contribution is -2.52. The van der Waals surface area contributed by atoms with Gasteiger partial charge in [-0.1, -0.05) is 31.2 Å². The minimum absolute atomic E-state index is 0.0450. The van der Waals surface area contributed by atoms with Crippen LogP contribution in [0.4, 0.5) is 4.39 Å². The van der Waals surface area contributed by atoms with E-state index in [2.05, 4.69) is 19.1 Å². The third-order valence-corrected chi connectivity index (χ3v) is 9.78. The van der Waals surface area contributed by atoms with Crippen molar-refractivity contribution in [3.63, 3.8) is 0 Å². The fourth-order valence-corrected chi connectivity index (χ4v) is 6.42. The normalized spacial score (nSPS) is 23.0. The maximum absolute atomic E-state index is 15.5. The van der Waals surface area contributed by atoms with Crippen LogP contribution in [0.2, 0.25) is 0 Å². The molecule has 0 radical (unpaired) electrons. The second-order valence-electron chi connectivity index (χ2n) is 12.6. The molecule has 9 heteroatoms. The van der Waals surface area contributed by atoms with Gasteiger partial charge in [0.1, 0.15) is 11.5 Å². The van der Waals surface area contributed by atoms with Crippen LogP contribution >= 0.6 is 0 Å². The monoisotopic (exact) mass is 544 g/mol. The smallest absolute Gasteiger partial charge is 0.399 e. The standard InChI is InChI=1S/C31H38BFN4O3/c1-7-22-18-26(28(38)36-16-10-15-31(20(36)2)13-8-9-14-31)34-27-19-25(35-37(22)27)23-12-11-21(17-24(23)33)32-39-29(3,4)30(5,6)40-32/h8-9,11-12,17-20H,7,10,13-16H2,1-6H3. The quantitative estimate of drug-likeness (QED) is 0.327. The predicted octanol–water partition coefficient (Wildman–Crippen LogP) is 5.36. The van der Waals surface area contributed by atoms with Crippen LogP contribution in [0.15, 0.2) is 42.5 Å². The van der Waals surface area contributed by atoms with Gasteiger partial charge in [0.2, 0.25) is 0 Å². The topological polar surface area (TPSA) is 69.0 Å². The van der Waals surface area contributed by atoms with Gasteiger partial charge < -0.3 is 14.2 Å². The van der Waals surface area contributed by atoms with Crippen LogP contribution in [0.25, 0.3) is 16.9 Å². The fraction of sp³-hybridized carbons (Fsp3) is 0.516. The van der Waals surface area contributed by atoms with E-state index in [0.29, 0.717) is 34.5 Å². The van der Waals surface area contributed by atoms with E-state index in [1.54, 1.807) is 16.6 Å². The van der Waals surface area contributed by atoms with Crippen molar-refractivity contribution in [2.45, 2.75) is 90.9 Å². The number of carbonyl (C=O) groups is 1. The lowest BCUT2D eigenvalue weighted by atomic mass is 9.72. The number of piperidine rings is 1. The molecule has 0 N–H and O–H groups in total. The van der Waals surface area contributed by atoms with E-state index in [1.807, 2.05) is 51.7 Å². The SMILES string of the molecule is CCc1cc(C(=O)N2CCCC3(CC=CC3)C2C)nc2cc(-c3ccc(B4OC(C)(C)C(C)(C)O4)cc3F)nn12. The van der Waals surface area contributed by atoms with Gasteiger partial charge in [0.25, 0.3) is 5.91 Å². The molecule has 1 spiro atoms. The van der Waals surface area contributed by atoms with E-state index in [4.69, 9.17) is 19.4 Å². The molecule has 40 heavy (non-hydrogen) atoms. The van der Waals surface area contributed by atoms with Crippen molar-refractivity contribution in [3.05, 3.63) is 59.7 Å². The third-order valence-electron chi connectivity index (χ3n) is 9.78. The number of hydrogen-bond donors (Lipinski definition) is 0. The van der Waals surface area contributed by atoms with Crippen LogP contribution in [0, 0.1) is 11.2 Å². The number of amides is 1. The molecule has 0 bridgehead atoms. The number of aromatic nitrogens is 3. The number of hydrogen-bond acceptors (Lipinski definition) is 5. The Hall–Kier alpha value is -3.04. The number of benzene rings is 1. The van der Waals surface area contributed by atoms with Crippen molar-refractivity contribution in [2.24, 2.45) is 5.41 Å². The Morgan fingerprint density at radius 2 is 1.80 bits per heavy atom. The molecule has 1 aliphatic carbocycles. The average Bonchev–Trinajstić information content (AvgIpc) is 3.61. The molecule has 7 nitrogen and oxygen atoms in total. The Kier molecular flexibility index (Phi) is 6.46. The molecule has 1 amide bonds. The van der Waals surface area contributed by atoms with Crippen LogP contribution < -0.4 is 5.46 Å². The summed E-state index contributed by atoms with van der Waals surface area (Å²) in [6, 6.07) is 8.72. The van der Waals surface area contributed by atoms with Crippen molar-refractivity contribution >= 4 is 24.1 Å². The summed E-state index contributed by atoms with van der Waals surface area (Å²) >= 11 is 0. The second-order valence-corrected chi connectivity index (χ2v) is 12.6. The Morgan fingerprint density at radius 3 is 2.45 bits per heavy atom. The van der Waals surface area contributed by atoms with Crippen LogP contribution in [-0.4, -0.2) is 56.3 Å². The molecule has 210 valence electrons. The van der Waals surface area contributed by atoms with Gasteiger partial charge in [-0.05, 0) is 89.7 Å². The van der Waals surface area contributed by atoms with E-state index in [-0.39, 0.29) is 17.4 Å². The summed E-state index contributed by atoms with van der Waals surface area (Å²) in [6.07, 6.45) is 9.34. The Bertz CT molecular complexity index is 1490. The number of rotatable bonds is 4. The van der Waals surface area contributed by atoms with E-state index in [1.165, 1.54) is 6.07 Å². The van der Waals surface area contributed by atoms with E-state index < -0.39 is 24.1 Å². The van der Waals surface area contributed by atoms with E-state index >= 15 is 4.39 Å². The highest BCUT2D eigenvalue weighted by Gasteiger charge is 2.52. The van der Waals surface area contributed by atoms with Crippen LogP contribution in [0.5, 0.6) is 0 Å². The second kappa shape index (κ2) is 9.52. The van der Waals surface area contributed by atoms with Gasteiger partial charge >= 0.3 is 7.12 Å². The minimum atomic E-state index is -0.645. The van der Waals surface area contributed by atoms with Gasteiger partial charge in [-0.25, -0.2) is 13.9 Å². The van der Waals surface area contributed by atoms with Gasteiger partial charge in [0, 0.05) is 29.9 Å². The van der Waals surface area contributed by atoms with Crippen molar-refractivity contribution in [2.75, 3.05) is 6.54 Å². The maximum Gasteiger partial charge on any atom is 0.494 e. The molecule has 4 heterocycles. The molecule has 2 saturated heterocycles. The van der Waals surface area contributed by atoms with Crippen molar-refractivity contribution in [1.29, 1.82) is 0 Å². The Morgan fingerprint density at radius 1 is 1.10 bits per heavy atom. The molecule has 6 rings (SSSR count). The molecule has 2 fully saturated rings. The first-order valence-corrected chi connectivity index (χ1v) is 14.5. The summed E-state index contributed by atoms with van der Waals surface area (Å²) in [6.45, 7) is 12.8. The summed E-state index contributed by atoms with van der Waals surface area (Å²) in [5.41, 5.74) is 2.38. The summed E-state index contributed by atoms with van der Waals surface area (Å²) in [4.78, 5) is 20.5. The Balaban J connectivity index is 1.30. The fourth-order valence-electron chi connectivity index (χ4n) is 6.42. The van der Waals surface area contributed by atoms with Gasteiger partial charge in [-0.3, -0.25) is 4.79 Å². The van der Waals surface area contributed by atoms with Crippen LogP contribution in [0.3, 0.4) is 0 Å². The summed E-state index contributed by atoms with van der Waals surface area (Å²) < 4.78 is 29.4. The number of carbonyl (C=O) groups excluding carboxylic acids is 1. The predicted molar refractivity (Wildman–Crippen MR) is 154 cm³/mol. The highest BCUT2D eigenvalue weighted by molar-refractivity contribution is 6.62. The maximum atomic E-state index is 15.5. The van der Waals surface area contributed by atoms with E-state index in [0.717, 1.165) is 37.9 Å². The first kappa shape index (κ1) is 27.2. The molecular formula is C31H38BFN4O3. The average molecular weight is 544 g/mol. The number of halogens is 1. The molecule has 0 saturated carbocycles. The molecule has 1 unspecified atom stereocenters. The first-order valence-electron chi connectivity index (χ1n) is 14.5. The van der Waals surface area contributed by atoms with Gasteiger partial charge in [-0.2, -0.15) is 5.10 Å². The Labute approximate surface area is 235 Å².